The van der Waals surface area contributed by atoms with Gasteiger partial charge in [0, 0.05) is 35.5 Å². The predicted octanol–water partition coefficient (Wildman–Crippen LogP) is 6.30. The van der Waals surface area contributed by atoms with Gasteiger partial charge in [0.2, 0.25) is 5.12 Å². The van der Waals surface area contributed by atoms with Crippen LogP contribution in [0.4, 0.5) is 0 Å². The van der Waals surface area contributed by atoms with E-state index in [-0.39, 0.29) is 10.7 Å². The van der Waals surface area contributed by atoms with Crippen LogP contribution < -0.4 is 5.32 Å². The van der Waals surface area contributed by atoms with Crippen LogP contribution in [0.5, 0.6) is 0 Å². The number of thioether (sulfide) groups is 1. The molecule has 0 saturated carbocycles. The van der Waals surface area contributed by atoms with Crippen molar-refractivity contribution in [3.63, 3.8) is 0 Å². The van der Waals surface area contributed by atoms with E-state index in [1.807, 2.05) is 0 Å². The van der Waals surface area contributed by atoms with Gasteiger partial charge in [-0.3, -0.25) is 4.79 Å². The van der Waals surface area contributed by atoms with Gasteiger partial charge in [0.05, 0.1) is 26.4 Å². The highest BCUT2D eigenvalue weighted by molar-refractivity contribution is 8.13. The minimum Gasteiger partial charge on any atom is -0.378 e. The molecule has 0 aliphatic rings. The molecule has 33 heavy (non-hydrogen) atoms. The molecule has 0 aliphatic heterocycles. The van der Waals surface area contributed by atoms with Crippen molar-refractivity contribution in [1.29, 1.82) is 0 Å². The summed E-state index contributed by atoms with van der Waals surface area (Å²) in [6.45, 7) is 26.6. The van der Waals surface area contributed by atoms with Crippen LogP contribution in [0.1, 0.15) is 95.4 Å². The zero-order valence-electron chi connectivity index (χ0n) is 23.4. The van der Waals surface area contributed by atoms with Crippen molar-refractivity contribution in [3.8, 4) is 0 Å². The second-order valence-corrected chi connectivity index (χ2v) is 12.6. The smallest absolute Gasteiger partial charge is 0.202 e. The van der Waals surface area contributed by atoms with Crippen molar-refractivity contribution in [1.82, 2.24) is 14.7 Å². The van der Waals surface area contributed by atoms with Crippen LogP contribution in [0, 0.1) is 0 Å². The van der Waals surface area contributed by atoms with Crippen molar-refractivity contribution in [2.75, 3.05) is 32.1 Å². The summed E-state index contributed by atoms with van der Waals surface area (Å²) < 4.78 is 17.2. The Bertz CT molecular complexity index is 473. The second kappa shape index (κ2) is 17.6. The minimum atomic E-state index is -0.883. The molecule has 0 rings (SSSR count). The van der Waals surface area contributed by atoms with Gasteiger partial charge in [0.25, 0.3) is 0 Å². The first kappa shape index (κ1) is 33.2. The summed E-state index contributed by atoms with van der Waals surface area (Å²) in [5, 5.41) is 3.66. The molecule has 198 valence electrons. The van der Waals surface area contributed by atoms with Crippen molar-refractivity contribution in [2.45, 2.75) is 125 Å². The molecular formula is C25H54N3O3PS. The number of hydrogen-bond donors (Lipinski definition) is 1. The summed E-state index contributed by atoms with van der Waals surface area (Å²) in [6.07, 6.45) is 3.12. The number of carbonyl (C=O) groups is 1. The lowest BCUT2D eigenvalue weighted by molar-refractivity contribution is -0.110. The molecule has 0 aliphatic carbocycles. The molecule has 0 aromatic carbocycles. The van der Waals surface area contributed by atoms with Gasteiger partial charge >= 0.3 is 0 Å². The van der Waals surface area contributed by atoms with E-state index in [2.05, 4.69) is 90.8 Å². The monoisotopic (exact) mass is 507 g/mol. The summed E-state index contributed by atoms with van der Waals surface area (Å²) in [5.41, 5.74) is 0.0854. The Hall–Kier alpha value is 0.250. The fourth-order valence-electron chi connectivity index (χ4n) is 4.17. The number of ether oxygens (including phenoxy) is 1. The zero-order valence-corrected chi connectivity index (χ0v) is 25.2. The first-order chi connectivity index (χ1) is 15.5. The summed E-state index contributed by atoms with van der Waals surface area (Å²) in [4.78, 5) is 12.2. The van der Waals surface area contributed by atoms with E-state index in [0.29, 0.717) is 56.3 Å². The number of nitrogens with zero attached hydrogens (tertiary/aromatic N) is 2. The maximum Gasteiger partial charge on any atom is 0.202 e. The Labute approximate surface area is 211 Å². The quantitative estimate of drug-likeness (QED) is 0.163. The largest absolute Gasteiger partial charge is 0.378 e. The maximum absolute atomic E-state index is 12.2. The van der Waals surface area contributed by atoms with Crippen molar-refractivity contribution in [3.05, 3.63) is 0 Å². The standard InChI is InChI=1S/C25H54N3O3PS/c1-12-25(13-2,14-3)26-19-24(29)33-18-17-30-15-16-31-32(27(20(4)5)21(6)7)28(22(8)9)23(10)11/h20-23,26H,12-19H2,1-11H3. The highest BCUT2D eigenvalue weighted by Crippen LogP contribution is 2.50. The highest BCUT2D eigenvalue weighted by atomic mass is 32.2. The summed E-state index contributed by atoms with van der Waals surface area (Å²) in [6, 6.07) is 1.61. The minimum absolute atomic E-state index is 0.0854. The second-order valence-electron chi connectivity index (χ2n) is 9.75. The van der Waals surface area contributed by atoms with Gasteiger partial charge in [0.15, 0.2) is 8.45 Å². The first-order valence-electron chi connectivity index (χ1n) is 12.9. The molecule has 0 heterocycles. The van der Waals surface area contributed by atoms with Crippen LogP contribution in [-0.2, 0) is 14.1 Å². The SMILES string of the molecule is CCC(CC)(CC)NCC(=O)SCCOCCOP(N(C(C)C)C(C)C)N(C(C)C)C(C)C. The van der Waals surface area contributed by atoms with Crippen LogP contribution in [0.25, 0.3) is 0 Å². The van der Waals surface area contributed by atoms with E-state index in [1.165, 1.54) is 11.8 Å². The van der Waals surface area contributed by atoms with Gasteiger partial charge in [-0.25, -0.2) is 9.34 Å². The van der Waals surface area contributed by atoms with E-state index in [0.717, 1.165) is 19.3 Å². The Morgan fingerprint density at radius 1 is 0.818 bits per heavy atom. The fourth-order valence-corrected chi connectivity index (χ4v) is 7.09. The third kappa shape index (κ3) is 12.2. The summed E-state index contributed by atoms with van der Waals surface area (Å²) >= 11 is 1.36. The normalized spacial score (nSPS) is 13.2. The average Bonchev–Trinajstić information content (AvgIpc) is 2.73. The topological polar surface area (TPSA) is 54.0 Å². The molecule has 0 amide bonds. The molecule has 0 atom stereocenters. The van der Waals surface area contributed by atoms with Gasteiger partial charge in [-0.15, -0.1) is 0 Å². The zero-order chi connectivity index (χ0) is 25.6. The van der Waals surface area contributed by atoms with E-state index in [1.54, 1.807) is 0 Å². The third-order valence-electron chi connectivity index (χ3n) is 6.07. The average molecular weight is 508 g/mol. The fraction of sp³-hybridized carbons (Fsp3) is 0.960. The molecule has 0 fully saturated rings. The predicted molar refractivity (Wildman–Crippen MR) is 147 cm³/mol. The lowest BCUT2D eigenvalue weighted by Gasteiger charge is -2.45. The van der Waals surface area contributed by atoms with Crippen molar-refractivity contribution >= 4 is 25.3 Å². The van der Waals surface area contributed by atoms with Crippen LogP contribution in [-0.4, -0.2) is 76.3 Å². The third-order valence-corrected chi connectivity index (χ3v) is 9.96. The lowest BCUT2D eigenvalue weighted by Crippen LogP contribution is -2.45. The Balaban J connectivity index is 4.53. The van der Waals surface area contributed by atoms with Crippen molar-refractivity contribution < 1.29 is 14.1 Å². The Kier molecular flexibility index (Phi) is 17.8. The van der Waals surface area contributed by atoms with Crippen molar-refractivity contribution in [2.24, 2.45) is 0 Å². The van der Waals surface area contributed by atoms with Crippen LogP contribution in [0.3, 0.4) is 0 Å². The van der Waals surface area contributed by atoms with Gasteiger partial charge in [-0.1, -0.05) is 32.5 Å². The van der Waals surface area contributed by atoms with Crippen LogP contribution >= 0.6 is 20.2 Å². The van der Waals surface area contributed by atoms with Gasteiger partial charge in [0.1, 0.15) is 0 Å². The molecule has 0 bridgehead atoms. The molecule has 0 unspecified atom stereocenters. The molecule has 0 aromatic rings. The number of hydrogen-bond acceptors (Lipinski definition) is 7. The lowest BCUT2D eigenvalue weighted by atomic mass is 9.90. The Morgan fingerprint density at radius 3 is 1.67 bits per heavy atom. The number of carbonyl (C=O) groups excluding carboxylic acids is 1. The van der Waals surface area contributed by atoms with Crippen LogP contribution in [0.2, 0.25) is 0 Å². The molecular weight excluding hydrogens is 453 g/mol. The highest BCUT2D eigenvalue weighted by Gasteiger charge is 2.34. The van der Waals surface area contributed by atoms with Gasteiger partial charge in [-0.05, 0) is 74.7 Å². The van der Waals surface area contributed by atoms with E-state index < -0.39 is 8.45 Å². The van der Waals surface area contributed by atoms with Crippen LogP contribution in [0.15, 0.2) is 0 Å². The molecule has 0 aromatic heterocycles. The number of rotatable bonds is 19. The summed E-state index contributed by atoms with van der Waals surface area (Å²) in [7, 11) is -0.883. The van der Waals surface area contributed by atoms with Gasteiger partial charge in [-0.2, -0.15) is 0 Å². The van der Waals surface area contributed by atoms with E-state index in [4.69, 9.17) is 9.26 Å². The molecule has 0 saturated heterocycles. The van der Waals surface area contributed by atoms with E-state index >= 15 is 0 Å². The van der Waals surface area contributed by atoms with E-state index in [9.17, 15) is 4.79 Å². The first-order valence-corrected chi connectivity index (χ1v) is 15.1. The summed E-state index contributed by atoms with van der Waals surface area (Å²) in [5.74, 6) is 0.681. The molecule has 0 spiro atoms. The number of nitrogens with one attached hydrogen (secondary N) is 1. The maximum atomic E-state index is 12.2. The molecule has 6 nitrogen and oxygen atoms in total. The van der Waals surface area contributed by atoms with Gasteiger partial charge < -0.3 is 14.6 Å². The molecule has 8 heteroatoms. The molecule has 0 radical (unpaired) electrons. The molecule has 1 N–H and O–H groups in total. The Morgan fingerprint density at radius 2 is 1.27 bits per heavy atom.